The Bertz CT molecular complexity index is 657. The highest BCUT2D eigenvalue weighted by molar-refractivity contribution is 6.65. The zero-order chi connectivity index (χ0) is 14.5. The van der Waals surface area contributed by atoms with Crippen LogP contribution in [0.25, 0.3) is 11.0 Å². The summed E-state index contributed by atoms with van der Waals surface area (Å²) in [4.78, 5) is 8.67. The highest BCUT2D eigenvalue weighted by atomic mass is 16.7. The van der Waals surface area contributed by atoms with Crippen molar-refractivity contribution in [3.63, 3.8) is 0 Å². The number of benzene rings is 1. The second-order valence-corrected chi connectivity index (χ2v) is 6.09. The number of rotatable bonds is 1. The van der Waals surface area contributed by atoms with Gasteiger partial charge >= 0.3 is 7.12 Å². The van der Waals surface area contributed by atoms with Crippen LogP contribution in [0, 0.1) is 0 Å². The molecule has 2 heterocycles. The maximum Gasteiger partial charge on any atom is 0.497 e. The summed E-state index contributed by atoms with van der Waals surface area (Å²) in [5, 5.41) is 0. The first-order valence-corrected chi connectivity index (χ1v) is 6.66. The Hall–Kier alpha value is -1.66. The summed E-state index contributed by atoms with van der Waals surface area (Å²) in [6.07, 6.45) is 3.28. The molecule has 1 aliphatic rings. The van der Waals surface area contributed by atoms with Gasteiger partial charge in [0.05, 0.1) is 22.4 Å². The van der Waals surface area contributed by atoms with E-state index in [1.54, 1.807) is 12.4 Å². The first kappa shape index (κ1) is 13.3. The Labute approximate surface area is 118 Å². The normalized spacial score (nSPS) is 20.5. The summed E-state index contributed by atoms with van der Waals surface area (Å²) in [7, 11) is -0.459. The third-order valence-electron chi connectivity index (χ3n) is 4.19. The average Bonchev–Trinajstić information content (AvgIpc) is 2.59. The maximum absolute atomic E-state index is 6.07. The molecule has 0 spiro atoms. The molecule has 1 fully saturated rings. The fourth-order valence-corrected chi connectivity index (χ4v) is 2.26. The third kappa shape index (κ3) is 1.87. The Morgan fingerprint density at radius 3 is 2.10 bits per heavy atom. The summed E-state index contributed by atoms with van der Waals surface area (Å²) >= 11 is 0. The minimum Gasteiger partial charge on any atom is -0.399 e. The zero-order valence-electron chi connectivity index (χ0n) is 12.2. The fraction of sp³-hybridized carbons (Fsp3) is 0.429. The molecule has 0 unspecified atom stereocenters. The molecule has 0 amide bonds. The average molecular weight is 271 g/mol. The van der Waals surface area contributed by atoms with Crippen LogP contribution >= 0.6 is 0 Å². The van der Waals surface area contributed by atoms with Gasteiger partial charge in [0, 0.05) is 17.9 Å². The van der Waals surface area contributed by atoms with Gasteiger partial charge in [-0.2, -0.15) is 0 Å². The molecule has 1 aromatic heterocycles. The van der Waals surface area contributed by atoms with Crippen LogP contribution in [0.2, 0.25) is 0 Å². The van der Waals surface area contributed by atoms with Crippen LogP contribution in [0.1, 0.15) is 27.7 Å². The Balaban J connectivity index is 2.11. The molecule has 104 valence electrons. The smallest absolute Gasteiger partial charge is 0.399 e. The van der Waals surface area contributed by atoms with Crippen molar-refractivity contribution in [2.24, 2.45) is 0 Å². The van der Waals surface area contributed by atoms with Crippen molar-refractivity contribution in [3.8, 4) is 0 Å². The number of nitrogens with zero attached hydrogens (tertiary/aromatic N) is 2. The highest BCUT2D eigenvalue weighted by Crippen LogP contribution is 2.37. The van der Waals surface area contributed by atoms with Gasteiger partial charge in [0.2, 0.25) is 0 Å². The molecule has 3 rings (SSSR count). The molecular formula is C14H18BN3O2. The van der Waals surface area contributed by atoms with Crippen LogP contribution in [-0.2, 0) is 9.31 Å². The summed E-state index contributed by atoms with van der Waals surface area (Å²) in [6.45, 7) is 8.10. The summed E-state index contributed by atoms with van der Waals surface area (Å²) in [5.41, 5.74) is 8.06. The molecule has 20 heavy (non-hydrogen) atoms. The zero-order valence-corrected chi connectivity index (χ0v) is 12.2. The summed E-state index contributed by atoms with van der Waals surface area (Å²) in [5.74, 6) is 0. The molecule has 1 aromatic carbocycles. The first-order valence-electron chi connectivity index (χ1n) is 6.66. The first-order chi connectivity index (χ1) is 9.32. The minimum atomic E-state index is -0.459. The quantitative estimate of drug-likeness (QED) is 0.629. The van der Waals surface area contributed by atoms with Crippen LogP contribution < -0.4 is 11.2 Å². The number of nitrogens with two attached hydrogens (primary N) is 1. The largest absolute Gasteiger partial charge is 0.497 e. The molecule has 2 aromatic rings. The van der Waals surface area contributed by atoms with E-state index >= 15 is 0 Å². The van der Waals surface area contributed by atoms with Crippen LogP contribution in [0.4, 0.5) is 5.69 Å². The van der Waals surface area contributed by atoms with Gasteiger partial charge in [-0.05, 0) is 33.8 Å². The van der Waals surface area contributed by atoms with Crippen molar-refractivity contribution in [1.82, 2.24) is 9.97 Å². The van der Waals surface area contributed by atoms with Crippen LogP contribution in [0.5, 0.6) is 0 Å². The van der Waals surface area contributed by atoms with Gasteiger partial charge in [0.15, 0.2) is 0 Å². The number of nitrogen functional groups attached to an aromatic ring is 1. The van der Waals surface area contributed by atoms with Crippen molar-refractivity contribution < 1.29 is 9.31 Å². The Kier molecular flexibility index (Phi) is 2.78. The van der Waals surface area contributed by atoms with Crippen molar-refractivity contribution in [1.29, 1.82) is 0 Å². The Morgan fingerprint density at radius 2 is 1.50 bits per heavy atom. The van der Waals surface area contributed by atoms with E-state index in [0.29, 0.717) is 11.2 Å². The van der Waals surface area contributed by atoms with Crippen LogP contribution in [0.3, 0.4) is 0 Å². The lowest BCUT2D eigenvalue weighted by molar-refractivity contribution is 0.00578. The predicted octanol–water partition coefficient (Wildman–Crippen LogP) is 1.51. The van der Waals surface area contributed by atoms with Crippen molar-refractivity contribution in [2.75, 3.05) is 5.73 Å². The monoisotopic (exact) mass is 271 g/mol. The van der Waals surface area contributed by atoms with Crippen LogP contribution in [-0.4, -0.2) is 28.3 Å². The van der Waals surface area contributed by atoms with E-state index < -0.39 is 7.12 Å². The van der Waals surface area contributed by atoms with Gasteiger partial charge in [-0.1, -0.05) is 6.07 Å². The molecule has 1 aliphatic heterocycles. The van der Waals surface area contributed by atoms with E-state index in [1.807, 2.05) is 39.8 Å². The number of fused-ring (bicyclic) bond motifs is 1. The van der Waals surface area contributed by atoms with Crippen LogP contribution in [0.15, 0.2) is 24.5 Å². The predicted molar refractivity (Wildman–Crippen MR) is 79.7 cm³/mol. The molecule has 6 heteroatoms. The molecule has 0 atom stereocenters. The maximum atomic E-state index is 6.07. The third-order valence-corrected chi connectivity index (χ3v) is 4.19. The second kappa shape index (κ2) is 4.17. The molecule has 0 radical (unpaired) electrons. The number of hydrogen-bond donors (Lipinski definition) is 1. The van der Waals surface area contributed by atoms with Crippen molar-refractivity contribution in [2.45, 2.75) is 38.9 Å². The Morgan fingerprint density at radius 1 is 0.950 bits per heavy atom. The van der Waals surface area contributed by atoms with Crippen molar-refractivity contribution >= 4 is 29.3 Å². The van der Waals surface area contributed by atoms with Gasteiger partial charge in [-0.25, -0.2) is 0 Å². The highest BCUT2D eigenvalue weighted by Gasteiger charge is 2.52. The molecule has 0 bridgehead atoms. The van der Waals surface area contributed by atoms with E-state index in [4.69, 9.17) is 15.0 Å². The van der Waals surface area contributed by atoms with Gasteiger partial charge in [-0.3, -0.25) is 9.97 Å². The lowest BCUT2D eigenvalue weighted by Gasteiger charge is -2.32. The summed E-state index contributed by atoms with van der Waals surface area (Å²) < 4.78 is 12.1. The minimum absolute atomic E-state index is 0.381. The van der Waals surface area contributed by atoms with E-state index in [9.17, 15) is 0 Å². The lowest BCUT2D eigenvalue weighted by atomic mass is 9.78. The van der Waals surface area contributed by atoms with Gasteiger partial charge in [0.1, 0.15) is 5.52 Å². The molecule has 5 nitrogen and oxygen atoms in total. The van der Waals surface area contributed by atoms with Crippen molar-refractivity contribution in [3.05, 3.63) is 24.5 Å². The van der Waals surface area contributed by atoms with Gasteiger partial charge in [-0.15, -0.1) is 0 Å². The van der Waals surface area contributed by atoms with E-state index in [-0.39, 0.29) is 11.2 Å². The topological polar surface area (TPSA) is 70.3 Å². The van der Waals surface area contributed by atoms with Gasteiger partial charge < -0.3 is 15.0 Å². The lowest BCUT2D eigenvalue weighted by Crippen LogP contribution is -2.41. The van der Waals surface area contributed by atoms with E-state index in [1.165, 1.54) is 0 Å². The number of hydrogen-bond acceptors (Lipinski definition) is 5. The second-order valence-electron chi connectivity index (χ2n) is 6.09. The molecule has 0 saturated carbocycles. The van der Waals surface area contributed by atoms with E-state index in [0.717, 1.165) is 11.0 Å². The number of aromatic nitrogens is 2. The molecule has 2 N–H and O–H groups in total. The SMILES string of the molecule is CC1(C)OB(c2ccc(N)c3nccnc23)OC1(C)C. The molecule has 0 aliphatic carbocycles. The van der Waals surface area contributed by atoms with Gasteiger partial charge in [0.25, 0.3) is 0 Å². The van der Waals surface area contributed by atoms with E-state index in [2.05, 4.69) is 9.97 Å². The number of anilines is 1. The summed E-state index contributed by atoms with van der Waals surface area (Å²) in [6, 6.07) is 3.71. The molecular weight excluding hydrogens is 253 g/mol. The fourth-order valence-electron chi connectivity index (χ4n) is 2.26. The molecule has 1 saturated heterocycles. The standard InChI is InChI=1S/C14H18BN3O2/c1-13(2)14(3,4)20-15(19-13)9-5-6-10(16)12-11(9)17-7-8-18-12/h5-8H,16H2,1-4H3.